The van der Waals surface area contributed by atoms with Crippen molar-refractivity contribution in [3.8, 4) is 11.6 Å². The number of nitrogens with zero attached hydrogens (tertiary/aromatic N) is 2. The number of aldehydes is 1. The summed E-state index contributed by atoms with van der Waals surface area (Å²) in [5.74, 6) is 1.01. The molecule has 0 saturated heterocycles. The summed E-state index contributed by atoms with van der Waals surface area (Å²) in [4.78, 5) is 19.2. The van der Waals surface area contributed by atoms with Gasteiger partial charge in [0.25, 0.3) is 0 Å². The summed E-state index contributed by atoms with van der Waals surface area (Å²) < 4.78 is 5.67. The zero-order chi connectivity index (χ0) is 12.5. The fourth-order valence-electron chi connectivity index (χ4n) is 1.86. The van der Waals surface area contributed by atoms with Gasteiger partial charge in [0.05, 0.1) is 0 Å². The molecular weight excluding hydrogens is 228 g/mol. The predicted molar refractivity (Wildman–Crippen MR) is 67.4 cm³/mol. The Morgan fingerprint density at radius 3 is 2.78 bits per heavy atom. The second-order valence-electron chi connectivity index (χ2n) is 4.02. The molecule has 0 aliphatic heterocycles. The maximum atomic E-state index is 10.8. The molecule has 0 fully saturated rings. The number of rotatable bonds is 2. The Morgan fingerprint density at radius 1 is 1.17 bits per heavy atom. The Kier molecular flexibility index (Phi) is 2.41. The summed E-state index contributed by atoms with van der Waals surface area (Å²) in [6, 6.07) is 11.2. The number of aryl methyl sites for hydroxylation is 1. The second kappa shape index (κ2) is 4.07. The minimum atomic E-state index is 0.359. The lowest BCUT2D eigenvalue weighted by atomic mass is 10.2. The van der Waals surface area contributed by atoms with E-state index in [2.05, 4.69) is 9.97 Å². The third-order valence-electron chi connectivity index (χ3n) is 2.64. The molecule has 0 saturated carbocycles. The van der Waals surface area contributed by atoms with E-state index in [-0.39, 0.29) is 0 Å². The molecule has 0 spiro atoms. The van der Waals surface area contributed by atoms with E-state index in [1.165, 1.54) is 0 Å². The molecule has 0 radical (unpaired) electrons. The summed E-state index contributed by atoms with van der Waals surface area (Å²) in [5, 5.41) is 0.991. The Balaban J connectivity index is 2.19. The van der Waals surface area contributed by atoms with Gasteiger partial charge in [0.2, 0.25) is 0 Å². The highest BCUT2D eigenvalue weighted by Crippen LogP contribution is 2.25. The van der Waals surface area contributed by atoms with E-state index in [1.807, 2.05) is 37.3 Å². The molecule has 0 unspecified atom stereocenters. The van der Waals surface area contributed by atoms with Crippen LogP contribution in [0.5, 0.6) is 0 Å². The van der Waals surface area contributed by atoms with Crippen molar-refractivity contribution in [3.63, 3.8) is 0 Å². The van der Waals surface area contributed by atoms with Crippen LogP contribution >= 0.6 is 0 Å². The molecule has 2 aromatic heterocycles. The Labute approximate surface area is 103 Å². The van der Waals surface area contributed by atoms with Crippen LogP contribution in [0.15, 0.2) is 40.8 Å². The van der Waals surface area contributed by atoms with Gasteiger partial charge in [-0.25, -0.2) is 9.97 Å². The Morgan fingerprint density at radius 2 is 2.00 bits per heavy atom. The number of furan rings is 1. The van der Waals surface area contributed by atoms with Crippen LogP contribution in [0.3, 0.4) is 0 Å². The van der Waals surface area contributed by atoms with Crippen LogP contribution in [0.4, 0.5) is 0 Å². The summed E-state index contributed by atoms with van der Waals surface area (Å²) in [6.07, 6.45) is 0.709. The molecule has 0 bridgehead atoms. The molecule has 3 aromatic rings. The highest BCUT2D eigenvalue weighted by molar-refractivity contribution is 5.82. The number of benzene rings is 1. The van der Waals surface area contributed by atoms with Crippen LogP contribution in [0, 0.1) is 6.92 Å². The van der Waals surface area contributed by atoms with E-state index in [9.17, 15) is 4.79 Å². The van der Waals surface area contributed by atoms with Gasteiger partial charge < -0.3 is 4.42 Å². The maximum Gasteiger partial charge on any atom is 0.196 e. The largest absolute Gasteiger partial charge is 0.453 e. The fourth-order valence-corrected chi connectivity index (χ4v) is 1.86. The lowest BCUT2D eigenvalue weighted by Crippen LogP contribution is -1.95. The first-order valence-corrected chi connectivity index (χ1v) is 5.56. The molecule has 0 atom stereocenters. The smallest absolute Gasteiger partial charge is 0.196 e. The van der Waals surface area contributed by atoms with E-state index in [1.54, 1.807) is 6.07 Å². The number of carbonyl (C=O) groups excluding carboxylic acids is 1. The van der Waals surface area contributed by atoms with Gasteiger partial charge >= 0.3 is 0 Å². The van der Waals surface area contributed by atoms with Crippen molar-refractivity contribution < 1.29 is 9.21 Å². The van der Waals surface area contributed by atoms with Gasteiger partial charge in [0.1, 0.15) is 11.3 Å². The van der Waals surface area contributed by atoms with E-state index < -0.39 is 0 Å². The number of para-hydroxylation sites is 1. The number of hydrogen-bond acceptors (Lipinski definition) is 4. The zero-order valence-corrected chi connectivity index (χ0v) is 9.75. The van der Waals surface area contributed by atoms with Gasteiger partial charge in [0.15, 0.2) is 17.9 Å². The molecule has 0 aliphatic carbocycles. The van der Waals surface area contributed by atoms with Crippen LogP contribution < -0.4 is 0 Å². The van der Waals surface area contributed by atoms with Gasteiger partial charge in [-0.3, -0.25) is 4.79 Å². The molecule has 1 aromatic carbocycles. The summed E-state index contributed by atoms with van der Waals surface area (Å²) >= 11 is 0. The topological polar surface area (TPSA) is 56.0 Å². The van der Waals surface area contributed by atoms with E-state index in [0.717, 1.165) is 16.7 Å². The third-order valence-corrected chi connectivity index (χ3v) is 2.64. The maximum absolute atomic E-state index is 10.8. The Hall–Kier alpha value is -2.49. The van der Waals surface area contributed by atoms with E-state index in [0.29, 0.717) is 23.6 Å². The molecule has 4 heteroatoms. The van der Waals surface area contributed by atoms with Crippen molar-refractivity contribution in [2.24, 2.45) is 0 Å². The van der Waals surface area contributed by atoms with Crippen LogP contribution in [-0.4, -0.2) is 16.3 Å². The SMILES string of the molecule is Cc1cc(C=O)nc(-c2cc3ccccc3o2)n1. The monoisotopic (exact) mass is 238 g/mol. The summed E-state index contributed by atoms with van der Waals surface area (Å²) in [5.41, 5.74) is 1.88. The average Bonchev–Trinajstić information content (AvgIpc) is 2.81. The van der Waals surface area contributed by atoms with Crippen molar-refractivity contribution >= 4 is 17.3 Å². The lowest BCUT2D eigenvalue weighted by Gasteiger charge is -1.98. The first-order chi connectivity index (χ1) is 8.76. The first kappa shape index (κ1) is 10.7. The molecule has 88 valence electrons. The van der Waals surface area contributed by atoms with Crippen LogP contribution in [-0.2, 0) is 0 Å². The second-order valence-corrected chi connectivity index (χ2v) is 4.02. The number of fused-ring (bicyclic) bond motifs is 1. The van der Waals surface area contributed by atoms with Crippen LogP contribution in [0.25, 0.3) is 22.6 Å². The highest BCUT2D eigenvalue weighted by atomic mass is 16.3. The van der Waals surface area contributed by atoms with Crippen molar-refractivity contribution in [1.82, 2.24) is 9.97 Å². The van der Waals surface area contributed by atoms with Crippen molar-refractivity contribution in [3.05, 3.63) is 47.8 Å². The molecule has 2 heterocycles. The number of hydrogen-bond donors (Lipinski definition) is 0. The minimum absolute atomic E-state index is 0.359. The van der Waals surface area contributed by atoms with Crippen LogP contribution in [0.1, 0.15) is 16.2 Å². The zero-order valence-electron chi connectivity index (χ0n) is 9.75. The van der Waals surface area contributed by atoms with Crippen molar-refractivity contribution in [2.45, 2.75) is 6.92 Å². The molecular formula is C14H10N2O2. The van der Waals surface area contributed by atoms with Crippen LogP contribution in [0.2, 0.25) is 0 Å². The average molecular weight is 238 g/mol. The number of carbonyl (C=O) groups is 1. The van der Waals surface area contributed by atoms with Crippen molar-refractivity contribution in [2.75, 3.05) is 0 Å². The molecule has 0 N–H and O–H groups in total. The van der Waals surface area contributed by atoms with Gasteiger partial charge in [-0.05, 0) is 25.1 Å². The molecule has 18 heavy (non-hydrogen) atoms. The molecule has 3 rings (SSSR count). The fraction of sp³-hybridized carbons (Fsp3) is 0.0714. The molecule has 0 amide bonds. The van der Waals surface area contributed by atoms with Gasteiger partial charge in [0, 0.05) is 11.1 Å². The van der Waals surface area contributed by atoms with E-state index >= 15 is 0 Å². The van der Waals surface area contributed by atoms with Crippen molar-refractivity contribution in [1.29, 1.82) is 0 Å². The van der Waals surface area contributed by atoms with Gasteiger partial charge in [-0.2, -0.15) is 0 Å². The predicted octanol–water partition coefficient (Wildman–Crippen LogP) is 3.01. The molecule has 4 nitrogen and oxygen atoms in total. The summed E-state index contributed by atoms with van der Waals surface area (Å²) in [6.45, 7) is 1.82. The standard InChI is InChI=1S/C14H10N2O2/c1-9-6-11(8-17)16-14(15-9)13-7-10-4-2-3-5-12(10)18-13/h2-8H,1H3. The minimum Gasteiger partial charge on any atom is -0.453 e. The first-order valence-electron chi connectivity index (χ1n) is 5.56. The van der Waals surface area contributed by atoms with Gasteiger partial charge in [-0.1, -0.05) is 18.2 Å². The Bertz CT molecular complexity index is 698. The normalized spacial score (nSPS) is 10.7. The van der Waals surface area contributed by atoms with E-state index in [4.69, 9.17) is 4.42 Å². The highest BCUT2D eigenvalue weighted by Gasteiger charge is 2.10. The van der Waals surface area contributed by atoms with Gasteiger partial charge in [-0.15, -0.1) is 0 Å². The summed E-state index contributed by atoms with van der Waals surface area (Å²) in [7, 11) is 0. The lowest BCUT2D eigenvalue weighted by molar-refractivity contribution is 0.111. The number of aromatic nitrogens is 2. The molecule has 0 aliphatic rings. The third kappa shape index (κ3) is 1.78. The quantitative estimate of drug-likeness (QED) is 0.644.